The van der Waals surface area contributed by atoms with Gasteiger partial charge in [-0.05, 0) is 12.8 Å². The summed E-state index contributed by atoms with van der Waals surface area (Å²) >= 11 is 0. The monoisotopic (exact) mass is 236 g/mol. The zero-order valence-electron chi connectivity index (χ0n) is 10.0. The molecule has 1 aromatic heterocycles. The Morgan fingerprint density at radius 1 is 1.24 bits per heavy atom. The highest BCUT2D eigenvalue weighted by Crippen LogP contribution is 2.27. The summed E-state index contributed by atoms with van der Waals surface area (Å²) in [6.45, 7) is 0.695. The average Bonchev–Trinajstić information content (AvgIpc) is 2.38. The minimum Gasteiger partial charge on any atom is -0.395 e. The van der Waals surface area contributed by atoms with Crippen molar-refractivity contribution in [2.75, 3.05) is 23.8 Å². The zero-order valence-corrected chi connectivity index (χ0v) is 10.0. The number of hydrogen-bond acceptors (Lipinski definition) is 5. The lowest BCUT2D eigenvalue weighted by atomic mass is 9.94. The highest BCUT2D eigenvalue weighted by atomic mass is 16.3. The third kappa shape index (κ3) is 2.85. The van der Waals surface area contributed by atoms with E-state index in [-0.39, 0.29) is 6.61 Å². The van der Waals surface area contributed by atoms with Crippen LogP contribution in [0.25, 0.3) is 0 Å². The molecule has 5 nitrogen and oxygen atoms in total. The van der Waals surface area contributed by atoms with Crippen LogP contribution in [0.5, 0.6) is 0 Å². The molecular weight excluding hydrogens is 216 g/mol. The molecule has 3 N–H and O–H groups in total. The molecule has 5 heteroatoms. The molecule has 0 radical (unpaired) electrons. The second-order valence-corrected chi connectivity index (χ2v) is 4.47. The van der Waals surface area contributed by atoms with E-state index in [1.165, 1.54) is 19.3 Å². The van der Waals surface area contributed by atoms with Gasteiger partial charge in [0.2, 0.25) is 0 Å². The number of rotatable bonds is 4. The molecule has 0 aliphatic heterocycles. The molecule has 0 saturated heterocycles. The van der Waals surface area contributed by atoms with Crippen LogP contribution in [-0.2, 0) is 0 Å². The standard InChI is InChI=1S/C12H20N4O/c13-11-12(15-7-6-14-11)16(8-9-17)10-4-2-1-3-5-10/h6-7,10,17H,1-5,8-9H2,(H2,13,14). The number of nitrogen functional groups attached to an aromatic ring is 1. The lowest BCUT2D eigenvalue weighted by molar-refractivity contribution is 0.289. The highest BCUT2D eigenvalue weighted by molar-refractivity contribution is 5.57. The van der Waals surface area contributed by atoms with E-state index in [1.54, 1.807) is 12.4 Å². The van der Waals surface area contributed by atoms with Crippen molar-refractivity contribution >= 4 is 11.6 Å². The first-order valence-corrected chi connectivity index (χ1v) is 6.27. The van der Waals surface area contributed by atoms with Crippen molar-refractivity contribution in [2.45, 2.75) is 38.1 Å². The summed E-state index contributed by atoms with van der Waals surface area (Å²) in [6, 6.07) is 0.440. The lowest BCUT2D eigenvalue weighted by Crippen LogP contribution is -2.40. The maximum absolute atomic E-state index is 9.19. The molecule has 0 atom stereocenters. The van der Waals surface area contributed by atoms with Crippen LogP contribution in [0.4, 0.5) is 11.6 Å². The van der Waals surface area contributed by atoms with Gasteiger partial charge >= 0.3 is 0 Å². The Labute approximate surface area is 102 Å². The SMILES string of the molecule is Nc1nccnc1N(CCO)C1CCCCC1. The molecule has 1 saturated carbocycles. The van der Waals surface area contributed by atoms with Crippen LogP contribution >= 0.6 is 0 Å². The molecule has 1 aromatic rings. The van der Waals surface area contributed by atoms with Gasteiger partial charge in [0.05, 0.1) is 6.61 Å². The summed E-state index contributed by atoms with van der Waals surface area (Å²) in [6.07, 6.45) is 9.33. The summed E-state index contributed by atoms with van der Waals surface area (Å²) < 4.78 is 0. The maximum atomic E-state index is 9.19. The number of nitrogens with two attached hydrogens (primary N) is 1. The van der Waals surface area contributed by atoms with Gasteiger partial charge in [-0.3, -0.25) is 0 Å². The van der Waals surface area contributed by atoms with Crippen molar-refractivity contribution in [3.05, 3.63) is 12.4 Å². The van der Waals surface area contributed by atoms with Gasteiger partial charge in [-0.25, -0.2) is 9.97 Å². The van der Waals surface area contributed by atoms with E-state index in [9.17, 15) is 5.11 Å². The largest absolute Gasteiger partial charge is 0.395 e. The minimum atomic E-state index is 0.118. The topological polar surface area (TPSA) is 75.3 Å². The summed E-state index contributed by atoms with van der Waals surface area (Å²) in [4.78, 5) is 10.5. The van der Waals surface area contributed by atoms with Crippen LogP contribution in [0.3, 0.4) is 0 Å². The fourth-order valence-electron chi connectivity index (χ4n) is 2.52. The Balaban J connectivity index is 2.18. The van der Waals surface area contributed by atoms with E-state index in [0.717, 1.165) is 12.8 Å². The van der Waals surface area contributed by atoms with E-state index in [2.05, 4.69) is 14.9 Å². The Hall–Kier alpha value is -1.36. The second kappa shape index (κ2) is 5.82. The molecule has 1 aliphatic rings. The molecule has 0 amide bonds. The molecule has 0 spiro atoms. The first-order valence-electron chi connectivity index (χ1n) is 6.27. The molecule has 1 heterocycles. The number of anilines is 2. The molecule has 2 rings (SSSR count). The van der Waals surface area contributed by atoms with Crippen molar-refractivity contribution in [3.8, 4) is 0 Å². The van der Waals surface area contributed by atoms with Crippen LogP contribution in [0.1, 0.15) is 32.1 Å². The molecule has 1 fully saturated rings. The van der Waals surface area contributed by atoms with Gasteiger partial charge in [0.15, 0.2) is 11.6 Å². The fraction of sp³-hybridized carbons (Fsp3) is 0.667. The zero-order chi connectivity index (χ0) is 12.1. The van der Waals surface area contributed by atoms with Crippen LogP contribution in [-0.4, -0.2) is 34.3 Å². The van der Waals surface area contributed by atoms with Gasteiger partial charge in [-0.1, -0.05) is 19.3 Å². The first kappa shape index (κ1) is 12.1. The van der Waals surface area contributed by atoms with Crippen molar-refractivity contribution in [1.82, 2.24) is 9.97 Å². The van der Waals surface area contributed by atoms with Crippen LogP contribution in [0.2, 0.25) is 0 Å². The van der Waals surface area contributed by atoms with E-state index in [1.807, 2.05) is 0 Å². The number of hydrogen-bond donors (Lipinski definition) is 2. The molecule has 17 heavy (non-hydrogen) atoms. The van der Waals surface area contributed by atoms with Gasteiger partial charge in [0.25, 0.3) is 0 Å². The van der Waals surface area contributed by atoms with Gasteiger partial charge in [-0.15, -0.1) is 0 Å². The van der Waals surface area contributed by atoms with E-state index < -0.39 is 0 Å². The second-order valence-electron chi connectivity index (χ2n) is 4.47. The Morgan fingerprint density at radius 3 is 2.59 bits per heavy atom. The number of aliphatic hydroxyl groups is 1. The normalized spacial score (nSPS) is 17.0. The molecule has 0 unspecified atom stereocenters. The van der Waals surface area contributed by atoms with Crippen LogP contribution in [0.15, 0.2) is 12.4 Å². The van der Waals surface area contributed by atoms with Crippen molar-refractivity contribution in [3.63, 3.8) is 0 Å². The van der Waals surface area contributed by atoms with E-state index in [4.69, 9.17) is 5.73 Å². The average molecular weight is 236 g/mol. The van der Waals surface area contributed by atoms with Crippen molar-refractivity contribution in [1.29, 1.82) is 0 Å². The van der Waals surface area contributed by atoms with Crippen LogP contribution < -0.4 is 10.6 Å². The van der Waals surface area contributed by atoms with Gasteiger partial charge in [0, 0.05) is 25.0 Å². The summed E-state index contributed by atoms with van der Waals surface area (Å²) in [7, 11) is 0. The Kier molecular flexibility index (Phi) is 4.14. The number of aliphatic hydroxyl groups excluding tert-OH is 1. The molecular formula is C12H20N4O. The van der Waals surface area contributed by atoms with E-state index in [0.29, 0.717) is 24.2 Å². The summed E-state index contributed by atoms with van der Waals surface area (Å²) in [5, 5.41) is 9.19. The lowest BCUT2D eigenvalue weighted by Gasteiger charge is -2.35. The first-order chi connectivity index (χ1) is 8.33. The summed E-state index contributed by atoms with van der Waals surface area (Å²) in [5.41, 5.74) is 5.86. The molecule has 94 valence electrons. The molecule has 0 bridgehead atoms. The molecule has 0 aromatic carbocycles. The Morgan fingerprint density at radius 2 is 1.94 bits per heavy atom. The highest BCUT2D eigenvalue weighted by Gasteiger charge is 2.23. The predicted molar refractivity (Wildman–Crippen MR) is 67.7 cm³/mol. The minimum absolute atomic E-state index is 0.118. The van der Waals surface area contributed by atoms with Gasteiger partial charge in [0.1, 0.15) is 0 Å². The fourth-order valence-corrected chi connectivity index (χ4v) is 2.52. The number of aromatic nitrogens is 2. The van der Waals surface area contributed by atoms with Crippen molar-refractivity contribution < 1.29 is 5.11 Å². The number of nitrogens with zero attached hydrogens (tertiary/aromatic N) is 3. The Bertz CT molecular complexity index is 352. The van der Waals surface area contributed by atoms with Gasteiger partial charge < -0.3 is 15.7 Å². The van der Waals surface area contributed by atoms with Gasteiger partial charge in [-0.2, -0.15) is 0 Å². The summed E-state index contributed by atoms with van der Waals surface area (Å²) in [5.74, 6) is 1.17. The predicted octanol–water partition coefficient (Wildman–Crippen LogP) is 1.19. The third-order valence-corrected chi connectivity index (χ3v) is 3.33. The van der Waals surface area contributed by atoms with E-state index >= 15 is 0 Å². The maximum Gasteiger partial charge on any atom is 0.171 e. The third-order valence-electron chi connectivity index (χ3n) is 3.33. The van der Waals surface area contributed by atoms with Crippen LogP contribution in [0, 0.1) is 0 Å². The van der Waals surface area contributed by atoms with Crippen molar-refractivity contribution in [2.24, 2.45) is 0 Å². The quantitative estimate of drug-likeness (QED) is 0.821. The molecule has 1 aliphatic carbocycles. The smallest absolute Gasteiger partial charge is 0.171 e.